The molecule has 0 fully saturated rings. The third kappa shape index (κ3) is 2.61. The summed E-state index contributed by atoms with van der Waals surface area (Å²) in [4.78, 5) is 8.33. The van der Waals surface area contributed by atoms with Crippen LogP contribution in [0.25, 0.3) is 0 Å². The topological polar surface area (TPSA) is 74.7 Å². The fraction of sp³-hybridized carbons (Fsp3) is 0.250. The smallest absolute Gasteiger partial charge is 0.213 e. The van der Waals surface area contributed by atoms with Crippen molar-refractivity contribution in [1.82, 2.24) is 9.97 Å². The molecule has 0 aliphatic rings. The quantitative estimate of drug-likeness (QED) is 0.871. The van der Waals surface area contributed by atoms with Gasteiger partial charge in [-0.3, -0.25) is 0 Å². The summed E-state index contributed by atoms with van der Waals surface area (Å²) in [5.41, 5.74) is 1.37. The molecule has 0 bridgehead atoms. The van der Waals surface area contributed by atoms with Crippen LogP contribution in [0.5, 0.6) is 0 Å². The molecule has 2 aromatic heterocycles. The minimum Gasteiger partial charge on any atom is -0.444 e. The Morgan fingerprint density at radius 2 is 2.24 bits per heavy atom. The molecule has 17 heavy (non-hydrogen) atoms. The molecule has 0 amide bonds. The van der Waals surface area contributed by atoms with Gasteiger partial charge < -0.3 is 9.73 Å². The zero-order chi connectivity index (χ0) is 12.3. The molecule has 0 radical (unpaired) electrons. The Balaban J connectivity index is 2.13. The molecular weight excluding hydrogens is 216 g/mol. The van der Waals surface area contributed by atoms with E-state index in [1.54, 1.807) is 18.3 Å². The van der Waals surface area contributed by atoms with E-state index in [0.717, 1.165) is 11.5 Å². The van der Waals surface area contributed by atoms with Crippen molar-refractivity contribution in [2.24, 2.45) is 0 Å². The van der Waals surface area contributed by atoms with E-state index in [-0.39, 0.29) is 0 Å². The van der Waals surface area contributed by atoms with Gasteiger partial charge in [-0.05, 0) is 26.0 Å². The van der Waals surface area contributed by atoms with Crippen molar-refractivity contribution < 1.29 is 4.42 Å². The summed E-state index contributed by atoms with van der Waals surface area (Å²) >= 11 is 0. The van der Waals surface area contributed by atoms with Crippen molar-refractivity contribution in [1.29, 1.82) is 5.26 Å². The standard InChI is InChI=1S/C12H12N4O/c1-8-3-4-10(5-13)12(16-8)15-7-11-14-6-9(2)17-11/h3-4,6H,7H2,1-2H3,(H,15,16). The van der Waals surface area contributed by atoms with Gasteiger partial charge in [0.1, 0.15) is 17.6 Å². The van der Waals surface area contributed by atoms with Gasteiger partial charge in [0.15, 0.2) is 0 Å². The predicted molar refractivity (Wildman–Crippen MR) is 62.3 cm³/mol. The molecule has 0 spiro atoms. The lowest BCUT2D eigenvalue weighted by Gasteiger charge is -2.05. The number of nitrogens with zero attached hydrogens (tertiary/aromatic N) is 3. The van der Waals surface area contributed by atoms with Crippen LogP contribution in [0.1, 0.15) is 22.9 Å². The first kappa shape index (κ1) is 11.1. The number of anilines is 1. The van der Waals surface area contributed by atoms with Crippen LogP contribution in [0, 0.1) is 25.2 Å². The van der Waals surface area contributed by atoms with Crippen LogP contribution in [0.2, 0.25) is 0 Å². The molecule has 2 aromatic rings. The Labute approximate surface area is 99.1 Å². The predicted octanol–water partition coefficient (Wildman–Crippen LogP) is 2.17. The lowest BCUT2D eigenvalue weighted by Crippen LogP contribution is -2.04. The zero-order valence-electron chi connectivity index (χ0n) is 9.69. The Morgan fingerprint density at radius 3 is 2.88 bits per heavy atom. The number of oxazole rings is 1. The molecule has 0 aromatic carbocycles. The number of pyridine rings is 1. The number of aromatic nitrogens is 2. The molecule has 0 aliphatic carbocycles. The van der Waals surface area contributed by atoms with Gasteiger partial charge in [0, 0.05) is 5.69 Å². The summed E-state index contributed by atoms with van der Waals surface area (Å²) < 4.78 is 5.32. The van der Waals surface area contributed by atoms with Crippen LogP contribution >= 0.6 is 0 Å². The van der Waals surface area contributed by atoms with Gasteiger partial charge in [0.05, 0.1) is 18.3 Å². The van der Waals surface area contributed by atoms with Crippen LogP contribution in [-0.2, 0) is 6.54 Å². The van der Waals surface area contributed by atoms with Crippen molar-refractivity contribution in [3.63, 3.8) is 0 Å². The summed E-state index contributed by atoms with van der Waals surface area (Å²) in [5, 5.41) is 12.0. The number of hydrogen-bond donors (Lipinski definition) is 1. The van der Waals surface area contributed by atoms with Crippen LogP contribution in [0.15, 0.2) is 22.7 Å². The first-order valence-corrected chi connectivity index (χ1v) is 5.22. The van der Waals surface area contributed by atoms with E-state index < -0.39 is 0 Å². The largest absolute Gasteiger partial charge is 0.444 e. The molecule has 0 saturated heterocycles. The van der Waals surface area contributed by atoms with E-state index in [9.17, 15) is 0 Å². The molecule has 5 nitrogen and oxygen atoms in total. The number of rotatable bonds is 3. The first-order valence-electron chi connectivity index (χ1n) is 5.22. The van der Waals surface area contributed by atoms with Crippen molar-refractivity contribution >= 4 is 5.82 Å². The molecule has 86 valence electrons. The van der Waals surface area contributed by atoms with Crippen LogP contribution < -0.4 is 5.32 Å². The fourth-order valence-corrected chi connectivity index (χ4v) is 1.42. The van der Waals surface area contributed by atoms with Gasteiger partial charge in [-0.15, -0.1) is 0 Å². The highest BCUT2D eigenvalue weighted by molar-refractivity contribution is 5.52. The maximum Gasteiger partial charge on any atom is 0.213 e. The Hall–Kier alpha value is -2.35. The third-order valence-corrected chi connectivity index (χ3v) is 2.23. The normalized spacial score (nSPS) is 9.94. The lowest BCUT2D eigenvalue weighted by atomic mass is 10.2. The maximum atomic E-state index is 8.94. The minimum atomic E-state index is 0.416. The summed E-state index contributed by atoms with van der Waals surface area (Å²) in [7, 11) is 0. The van der Waals surface area contributed by atoms with Gasteiger partial charge in [0.2, 0.25) is 5.89 Å². The van der Waals surface area contributed by atoms with Crippen molar-refractivity contribution in [3.8, 4) is 6.07 Å². The zero-order valence-corrected chi connectivity index (χ0v) is 9.69. The third-order valence-electron chi connectivity index (χ3n) is 2.23. The highest BCUT2D eigenvalue weighted by Gasteiger charge is 2.05. The highest BCUT2D eigenvalue weighted by Crippen LogP contribution is 2.13. The van der Waals surface area contributed by atoms with Gasteiger partial charge in [-0.1, -0.05) is 0 Å². The van der Waals surface area contributed by atoms with Gasteiger partial charge in [0.25, 0.3) is 0 Å². The van der Waals surface area contributed by atoms with Crippen LogP contribution in [-0.4, -0.2) is 9.97 Å². The molecule has 0 atom stereocenters. The van der Waals surface area contributed by atoms with Gasteiger partial charge in [-0.2, -0.15) is 5.26 Å². The second-order valence-corrected chi connectivity index (χ2v) is 3.68. The monoisotopic (exact) mass is 228 g/mol. The Bertz CT molecular complexity index is 568. The van der Waals surface area contributed by atoms with E-state index in [1.165, 1.54) is 0 Å². The van der Waals surface area contributed by atoms with Crippen LogP contribution in [0.3, 0.4) is 0 Å². The molecule has 0 aliphatic heterocycles. The first-order chi connectivity index (χ1) is 8.19. The molecule has 0 unspecified atom stereocenters. The average molecular weight is 228 g/mol. The van der Waals surface area contributed by atoms with E-state index in [4.69, 9.17) is 9.68 Å². The molecule has 5 heteroatoms. The van der Waals surface area contributed by atoms with Crippen LogP contribution in [0.4, 0.5) is 5.82 Å². The number of aryl methyl sites for hydroxylation is 2. The molecule has 2 rings (SSSR count). The Kier molecular flexibility index (Phi) is 3.06. The fourth-order valence-electron chi connectivity index (χ4n) is 1.42. The van der Waals surface area contributed by atoms with E-state index >= 15 is 0 Å². The SMILES string of the molecule is Cc1ccc(C#N)c(NCc2ncc(C)o2)n1. The summed E-state index contributed by atoms with van der Waals surface area (Å²) in [6.07, 6.45) is 1.66. The van der Waals surface area contributed by atoms with E-state index in [1.807, 2.05) is 13.8 Å². The molecule has 2 heterocycles. The number of hydrogen-bond acceptors (Lipinski definition) is 5. The Morgan fingerprint density at radius 1 is 1.41 bits per heavy atom. The summed E-state index contributed by atoms with van der Waals surface area (Å²) in [6, 6.07) is 5.63. The second-order valence-electron chi connectivity index (χ2n) is 3.68. The number of nitriles is 1. The maximum absolute atomic E-state index is 8.94. The van der Waals surface area contributed by atoms with Gasteiger partial charge >= 0.3 is 0 Å². The summed E-state index contributed by atoms with van der Waals surface area (Å²) in [5.74, 6) is 1.90. The van der Waals surface area contributed by atoms with Gasteiger partial charge in [-0.25, -0.2) is 9.97 Å². The highest BCUT2D eigenvalue weighted by atomic mass is 16.4. The lowest BCUT2D eigenvalue weighted by molar-refractivity contribution is 0.479. The number of nitrogens with one attached hydrogen (secondary N) is 1. The minimum absolute atomic E-state index is 0.416. The van der Waals surface area contributed by atoms with E-state index in [2.05, 4.69) is 21.4 Å². The molecule has 0 saturated carbocycles. The molecule has 1 N–H and O–H groups in total. The second kappa shape index (κ2) is 4.66. The average Bonchev–Trinajstić information content (AvgIpc) is 2.73. The van der Waals surface area contributed by atoms with Crippen molar-refractivity contribution in [2.75, 3.05) is 5.32 Å². The van der Waals surface area contributed by atoms with Crippen molar-refractivity contribution in [3.05, 3.63) is 41.2 Å². The molecular formula is C12H12N4O. The van der Waals surface area contributed by atoms with Crippen molar-refractivity contribution in [2.45, 2.75) is 20.4 Å². The van der Waals surface area contributed by atoms with E-state index in [0.29, 0.717) is 23.8 Å². The summed E-state index contributed by atoms with van der Waals surface area (Å²) in [6.45, 7) is 4.13.